The van der Waals surface area contributed by atoms with Crippen LogP contribution in [0.4, 0.5) is 0 Å². The van der Waals surface area contributed by atoms with Crippen molar-refractivity contribution in [1.29, 1.82) is 0 Å². The zero-order valence-corrected chi connectivity index (χ0v) is 16.0. The average molecular weight is 363 g/mol. The highest BCUT2D eigenvalue weighted by Gasteiger charge is 2.38. The Morgan fingerprint density at radius 3 is 1.84 bits per heavy atom. The van der Waals surface area contributed by atoms with E-state index in [1.807, 2.05) is 32.5 Å². The molecule has 1 aliphatic rings. The van der Waals surface area contributed by atoms with Gasteiger partial charge in [-0.15, -0.1) is 0 Å². The topological polar surface area (TPSA) is 65.1 Å². The molecular weight excluding hydrogens is 338 g/mol. The lowest BCUT2D eigenvalue weighted by Crippen LogP contribution is -2.44. The summed E-state index contributed by atoms with van der Waals surface area (Å²) in [6.45, 7) is 7.49. The SMILES string of the molecule is CCO[Si](/C=C/CCN1C(=O)c2ccccc2C1=O)(OCC)OCC. The van der Waals surface area contributed by atoms with Crippen LogP contribution in [-0.4, -0.2) is 51.9 Å². The van der Waals surface area contributed by atoms with Gasteiger partial charge in [0.15, 0.2) is 0 Å². The molecule has 2 rings (SSSR count). The fourth-order valence-corrected chi connectivity index (χ4v) is 4.95. The Balaban J connectivity index is 2.00. The summed E-state index contributed by atoms with van der Waals surface area (Å²) in [6, 6.07) is 6.89. The van der Waals surface area contributed by atoms with Gasteiger partial charge in [-0.1, -0.05) is 18.2 Å². The molecule has 0 unspecified atom stereocenters. The Morgan fingerprint density at radius 2 is 1.40 bits per heavy atom. The minimum atomic E-state index is -2.84. The summed E-state index contributed by atoms with van der Waals surface area (Å²) in [7, 11) is -2.84. The van der Waals surface area contributed by atoms with Crippen LogP contribution in [0.5, 0.6) is 0 Å². The fourth-order valence-electron chi connectivity index (χ4n) is 2.75. The number of hydrogen-bond donors (Lipinski definition) is 0. The molecule has 0 N–H and O–H groups in total. The monoisotopic (exact) mass is 363 g/mol. The summed E-state index contributed by atoms with van der Waals surface area (Å²) in [5.41, 5.74) is 2.78. The van der Waals surface area contributed by atoms with E-state index in [1.165, 1.54) is 4.90 Å². The molecule has 1 aromatic carbocycles. The maximum absolute atomic E-state index is 12.3. The average Bonchev–Trinajstić information content (AvgIpc) is 2.84. The Morgan fingerprint density at radius 1 is 0.920 bits per heavy atom. The van der Waals surface area contributed by atoms with E-state index in [0.29, 0.717) is 43.9 Å². The number of rotatable bonds is 10. The molecule has 0 atom stereocenters. The first kappa shape index (κ1) is 19.5. The number of nitrogens with zero attached hydrogens (tertiary/aromatic N) is 1. The highest BCUT2D eigenvalue weighted by atomic mass is 28.4. The molecule has 136 valence electrons. The van der Waals surface area contributed by atoms with Crippen LogP contribution in [-0.2, 0) is 13.3 Å². The molecule has 0 aliphatic carbocycles. The first-order valence-electron chi connectivity index (χ1n) is 8.63. The highest BCUT2D eigenvalue weighted by Crippen LogP contribution is 2.22. The zero-order chi connectivity index (χ0) is 18.3. The summed E-state index contributed by atoms with van der Waals surface area (Å²) in [5, 5.41) is 0. The van der Waals surface area contributed by atoms with Crippen LogP contribution in [0.15, 0.2) is 36.0 Å². The van der Waals surface area contributed by atoms with Gasteiger partial charge in [0.2, 0.25) is 0 Å². The number of fused-ring (bicyclic) bond motifs is 1. The smallest absolute Gasteiger partial charge is 0.371 e. The van der Waals surface area contributed by atoms with Crippen molar-refractivity contribution in [2.24, 2.45) is 0 Å². The third kappa shape index (κ3) is 4.43. The van der Waals surface area contributed by atoms with Crippen LogP contribution < -0.4 is 0 Å². The third-order valence-corrected chi connectivity index (χ3v) is 6.47. The lowest BCUT2D eigenvalue weighted by Gasteiger charge is -2.25. The second-order valence-corrected chi connectivity index (χ2v) is 7.81. The van der Waals surface area contributed by atoms with E-state index in [2.05, 4.69) is 0 Å². The number of amides is 2. The molecule has 0 radical (unpaired) electrons. The largest absolute Gasteiger partial charge is 0.529 e. The quantitative estimate of drug-likeness (QED) is 0.472. The molecule has 0 saturated heterocycles. The van der Waals surface area contributed by atoms with E-state index in [0.717, 1.165) is 0 Å². The summed E-state index contributed by atoms with van der Waals surface area (Å²) in [5.74, 6) is -0.478. The third-order valence-electron chi connectivity index (χ3n) is 3.76. The van der Waals surface area contributed by atoms with Gasteiger partial charge in [0.05, 0.1) is 11.1 Å². The van der Waals surface area contributed by atoms with E-state index < -0.39 is 8.80 Å². The zero-order valence-electron chi connectivity index (χ0n) is 15.0. The van der Waals surface area contributed by atoms with Crippen LogP contribution >= 0.6 is 0 Å². The summed E-state index contributed by atoms with van der Waals surface area (Å²) >= 11 is 0. The standard InChI is InChI=1S/C18H25NO5Si/c1-4-22-25(23-5-2,24-6-3)14-10-9-13-19-17(20)15-11-7-8-12-16(15)18(19)21/h7-8,10-12,14H,4-6,9,13H2,1-3H3/b14-10+. The molecule has 7 heteroatoms. The number of carbonyl (C=O) groups is 2. The van der Waals surface area contributed by atoms with E-state index in [1.54, 1.807) is 24.3 Å². The van der Waals surface area contributed by atoms with Gasteiger partial charge in [-0.2, -0.15) is 0 Å². The van der Waals surface area contributed by atoms with Crippen molar-refractivity contribution in [2.45, 2.75) is 27.2 Å². The predicted molar refractivity (Wildman–Crippen MR) is 96.2 cm³/mol. The molecule has 1 heterocycles. The van der Waals surface area contributed by atoms with Gasteiger partial charge in [0.1, 0.15) is 0 Å². The van der Waals surface area contributed by atoms with Crippen LogP contribution in [0.1, 0.15) is 47.9 Å². The van der Waals surface area contributed by atoms with Gasteiger partial charge in [-0.3, -0.25) is 14.5 Å². The molecule has 1 aliphatic heterocycles. The lowest BCUT2D eigenvalue weighted by atomic mass is 10.1. The van der Waals surface area contributed by atoms with Crippen LogP contribution in [0, 0.1) is 0 Å². The van der Waals surface area contributed by atoms with Gasteiger partial charge in [-0.25, -0.2) is 0 Å². The molecule has 0 bridgehead atoms. The van der Waals surface area contributed by atoms with Crippen molar-refractivity contribution in [3.8, 4) is 0 Å². The molecule has 0 saturated carbocycles. The van der Waals surface area contributed by atoms with Gasteiger partial charge in [0, 0.05) is 26.4 Å². The first-order chi connectivity index (χ1) is 12.1. The Hall–Kier alpha value is -1.80. The summed E-state index contributed by atoms with van der Waals surface area (Å²) < 4.78 is 17.2. The number of imide groups is 1. The lowest BCUT2D eigenvalue weighted by molar-refractivity contribution is 0.0657. The Kier molecular flexibility index (Phi) is 7.07. The van der Waals surface area contributed by atoms with Gasteiger partial charge in [-0.05, 0) is 45.0 Å². The van der Waals surface area contributed by atoms with Crippen molar-refractivity contribution in [3.05, 3.63) is 47.2 Å². The molecule has 25 heavy (non-hydrogen) atoms. The van der Waals surface area contributed by atoms with Crippen molar-refractivity contribution in [2.75, 3.05) is 26.4 Å². The number of carbonyl (C=O) groups excluding carboxylic acids is 2. The van der Waals surface area contributed by atoms with Crippen molar-refractivity contribution in [3.63, 3.8) is 0 Å². The van der Waals surface area contributed by atoms with Crippen LogP contribution in [0.3, 0.4) is 0 Å². The predicted octanol–water partition coefficient (Wildman–Crippen LogP) is 2.82. The molecule has 2 amide bonds. The second kappa shape index (κ2) is 9.05. The van der Waals surface area contributed by atoms with Crippen molar-refractivity contribution < 1.29 is 22.9 Å². The minimum Gasteiger partial charge on any atom is -0.371 e. The van der Waals surface area contributed by atoms with E-state index in [4.69, 9.17) is 13.3 Å². The maximum atomic E-state index is 12.3. The highest BCUT2D eigenvalue weighted by molar-refractivity contribution is 6.66. The Bertz CT molecular complexity index is 594. The van der Waals surface area contributed by atoms with Gasteiger partial charge in [0.25, 0.3) is 11.8 Å². The van der Waals surface area contributed by atoms with E-state index in [-0.39, 0.29) is 11.8 Å². The normalized spacial score (nSPS) is 14.6. The van der Waals surface area contributed by atoms with Crippen molar-refractivity contribution in [1.82, 2.24) is 4.90 Å². The molecule has 0 fully saturated rings. The molecule has 0 aromatic heterocycles. The number of benzene rings is 1. The maximum Gasteiger partial charge on any atom is 0.529 e. The summed E-state index contributed by atoms with van der Waals surface area (Å²) in [6.07, 6.45) is 2.39. The van der Waals surface area contributed by atoms with Crippen molar-refractivity contribution >= 4 is 20.6 Å². The first-order valence-corrected chi connectivity index (χ1v) is 10.4. The molecule has 0 spiro atoms. The summed E-state index contributed by atoms with van der Waals surface area (Å²) in [4.78, 5) is 25.9. The van der Waals surface area contributed by atoms with Gasteiger partial charge >= 0.3 is 8.80 Å². The van der Waals surface area contributed by atoms with Crippen LogP contribution in [0.25, 0.3) is 0 Å². The number of hydrogen-bond acceptors (Lipinski definition) is 5. The van der Waals surface area contributed by atoms with E-state index >= 15 is 0 Å². The van der Waals surface area contributed by atoms with E-state index in [9.17, 15) is 9.59 Å². The molecular formula is C18H25NO5Si. The Labute approximate surface area is 149 Å². The van der Waals surface area contributed by atoms with Gasteiger partial charge < -0.3 is 13.3 Å². The molecule has 1 aromatic rings. The fraction of sp³-hybridized carbons (Fsp3) is 0.444. The van der Waals surface area contributed by atoms with Crippen LogP contribution in [0.2, 0.25) is 0 Å². The minimum absolute atomic E-state index is 0.239. The second-order valence-electron chi connectivity index (χ2n) is 5.40. The molecule has 6 nitrogen and oxygen atoms in total.